The molecule has 2 aliphatic rings. The van der Waals surface area contributed by atoms with Crippen LogP contribution in [0.3, 0.4) is 0 Å². The number of carboxylic acid groups (broad SMARTS) is 1. The van der Waals surface area contributed by atoms with Crippen molar-refractivity contribution in [1.29, 1.82) is 0 Å². The van der Waals surface area contributed by atoms with Gasteiger partial charge in [-0.3, -0.25) is 24.2 Å². The van der Waals surface area contributed by atoms with Gasteiger partial charge < -0.3 is 24.9 Å². The summed E-state index contributed by atoms with van der Waals surface area (Å²) in [5.41, 5.74) is 0. The standard InChI is InChI=1S/C16H28NO4.C15H26NO4.Na.2U/c1-21-16(20)9-5-3-2-4-8-14-15(19)10-12-17(14)11-6-7-13-18;17-12-6-5-10-16-11-9-14(18)13(16)7-3-1-2-4-8-15(19)20;;;/h13-14,18H,2-12H2,1H3;12-13,17H,1-11H2,(H,19,20);;;/q2*-1;+1;;/p-1/t14-;13-;;;/m00.../s1. The fourth-order valence-corrected chi connectivity index (χ4v) is 5.58. The van der Waals surface area contributed by atoms with Crippen LogP contribution in [0.2, 0.25) is 0 Å². The number of nitrogens with zero attached hydrogens (tertiary/aromatic N) is 2. The number of ketones is 2. The van der Waals surface area contributed by atoms with Crippen LogP contribution >= 0.6 is 0 Å². The molecular formula is C31H53N2NaO8U2-2. The van der Waals surface area contributed by atoms with E-state index in [-0.39, 0.29) is 116 Å². The van der Waals surface area contributed by atoms with Crippen LogP contribution in [0.5, 0.6) is 0 Å². The van der Waals surface area contributed by atoms with Gasteiger partial charge in [-0.15, -0.1) is 0 Å². The van der Waals surface area contributed by atoms with Crippen molar-refractivity contribution in [3.05, 3.63) is 13.2 Å². The van der Waals surface area contributed by atoms with E-state index in [0.717, 1.165) is 96.8 Å². The fourth-order valence-electron chi connectivity index (χ4n) is 5.58. The third-order valence-corrected chi connectivity index (χ3v) is 7.92. The molecule has 44 heavy (non-hydrogen) atoms. The summed E-state index contributed by atoms with van der Waals surface area (Å²) in [6.07, 6.45) is 14.3. The second-order valence-corrected chi connectivity index (χ2v) is 11.0. The number of aliphatic carboxylic acids is 1. The Kier molecular flexibility index (Phi) is 36.9. The third kappa shape index (κ3) is 23.5. The first-order valence-electron chi connectivity index (χ1n) is 15.6. The summed E-state index contributed by atoms with van der Waals surface area (Å²) in [6.45, 7) is 5.79. The normalized spacial score (nSPS) is 18.1. The summed E-state index contributed by atoms with van der Waals surface area (Å²) in [6, 6.07) is 0.110. The van der Waals surface area contributed by atoms with Crippen molar-refractivity contribution in [3.63, 3.8) is 0 Å². The minimum Gasteiger partial charge on any atom is -0.566 e. The zero-order valence-electron chi connectivity index (χ0n) is 27.1. The van der Waals surface area contributed by atoms with Crippen LogP contribution in [-0.4, -0.2) is 88.9 Å². The smallest absolute Gasteiger partial charge is 0.566 e. The Hall–Kier alpha value is 1.22. The van der Waals surface area contributed by atoms with Crippen molar-refractivity contribution in [2.45, 2.75) is 128 Å². The molecule has 0 amide bonds. The number of unbranched alkanes of at least 4 members (excludes halogenated alkanes) is 8. The summed E-state index contributed by atoms with van der Waals surface area (Å²) in [5.74, 6) is -0.444. The first-order chi connectivity index (χ1) is 19.8. The number of ether oxygens (including phenoxy) is 1. The number of aliphatic hydroxyl groups excluding tert-OH is 2. The molecule has 2 atom stereocenters. The van der Waals surface area contributed by atoms with Crippen LogP contribution in [0.25, 0.3) is 0 Å². The first kappa shape index (κ1) is 49.6. The quantitative estimate of drug-likeness (QED) is 0.0681. The molecule has 0 aromatic rings. The Morgan fingerprint density at radius 3 is 1.55 bits per heavy atom. The van der Waals surface area contributed by atoms with Crippen molar-refractivity contribution >= 4 is 23.5 Å². The van der Waals surface area contributed by atoms with E-state index in [1.165, 1.54) is 20.3 Å². The number of esters is 1. The van der Waals surface area contributed by atoms with Crippen LogP contribution in [-0.2, 0) is 23.9 Å². The van der Waals surface area contributed by atoms with E-state index in [1.54, 1.807) is 0 Å². The predicted molar refractivity (Wildman–Crippen MR) is 153 cm³/mol. The first-order valence-corrected chi connectivity index (χ1v) is 15.6. The van der Waals surface area contributed by atoms with Crippen molar-refractivity contribution in [1.82, 2.24) is 9.80 Å². The zero-order chi connectivity index (χ0) is 30.3. The van der Waals surface area contributed by atoms with E-state index >= 15 is 0 Å². The number of likely N-dealkylation sites (tertiary alicyclic amines) is 2. The van der Waals surface area contributed by atoms with Gasteiger partial charge in [0.1, 0.15) is 0 Å². The molecule has 0 spiro atoms. The number of hydrogen-bond acceptors (Lipinski definition) is 10. The summed E-state index contributed by atoms with van der Waals surface area (Å²) < 4.78 is 4.60. The molecular weight excluding hydrogens is 1030 g/mol. The molecule has 0 aromatic carbocycles. The van der Waals surface area contributed by atoms with Gasteiger partial charge in [-0.25, -0.2) is 13.2 Å². The fraction of sp³-hybridized carbons (Fsp3) is 0.806. The van der Waals surface area contributed by atoms with Crippen molar-refractivity contribution in [2.75, 3.05) is 33.3 Å². The molecule has 2 fully saturated rings. The van der Waals surface area contributed by atoms with Gasteiger partial charge in [0.15, 0.2) is 11.6 Å². The molecule has 2 heterocycles. The van der Waals surface area contributed by atoms with Gasteiger partial charge in [-0.05, 0) is 45.2 Å². The number of carbonyl (C=O) groups is 4. The summed E-state index contributed by atoms with van der Waals surface area (Å²) in [7, 11) is 1.41. The Morgan fingerprint density at radius 1 is 0.750 bits per heavy atom. The molecule has 0 saturated carbocycles. The third-order valence-electron chi connectivity index (χ3n) is 7.92. The number of Topliss-reactive ketones (excluding diaryl/α,β-unsaturated/α-hetero) is 2. The maximum Gasteiger partial charge on any atom is 1.00 e. The molecule has 13 heteroatoms. The number of carbonyl (C=O) groups excluding carboxylic acids is 4. The average molecular weight is 1080 g/mol. The molecule has 2 N–H and O–H groups in total. The van der Waals surface area contributed by atoms with E-state index in [1.807, 2.05) is 0 Å². The number of carboxylic acids is 1. The molecule has 0 aliphatic carbocycles. The minimum absolute atomic E-state index is 0. The SMILES string of the molecule is COC(=O)CCCCCC[C@H]1C(=O)CCN1CCC[CH-]O.O=C([O-])CCCCCC[C@H]1C(=O)CCN1CCC[CH-]O.[Na+].[U].[U]. The maximum atomic E-state index is 11.9. The number of rotatable bonds is 22. The molecule has 2 rings (SSSR count). The Bertz CT molecular complexity index is 766. The van der Waals surface area contributed by atoms with E-state index < -0.39 is 5.97 Å². The summed E-state index contributed by atoms with van der Waals surface area (Å²) in [4.78, 5) is 49.5. The van der Waals surface area contributed by atoms with Gasteiger partial charge in [-0.2, -0.15) is 12.8 Å². The van der Waals surface area contributed by atoms with Crippen LogP contribution < -0.4 is 34.7 Å². The van der Waals surface area contributed by atoms with Crippen LogP contribution in [0.1, 0.15) is 116 Å². The Labute approximate surface area is 335 Å². The Balaban J connectivity index is -0.000000716. The van der Waals surface area contributed by atoms with Crippen molar-refractivity contribution in [3.8, 4) is 0 Å². The number of hydrogen-bond donors (Lipinski definition) is 2. The van der Waals surface area contributed by atoms with Gasteiger partial charge >= 0.3 is 35.5 Å². The molecule has 10 nitrogen and oxygen atoms in total. The summed E-state index contributed by atoms with van der Waals surface area (Å²) >= 11 is 0. The number of methoxy groups -OCH3 is 1. The molecule has 0 aromatic heterocycles. The van der Waals surface area contributed by atoms with E-state index in [9.17, 15) is 24.3 Å². The maximum absolute atomic E-state index is 11.9. The minimum atomic E-state index is -0.983. The second-order valence-electron chi connectivity index (χ2n) is 11.0. The van der Waals surface area contributed by atoms with Gasteiger partial charge in [0.25, 0.3) is 0 Å². The molecule has 0 unspecified atom stereocenters. The van der Waals surface area contributed by atoms with E-state index in [2.05, 4.69) is 14.5 Å². The predicted octanol–water partition coefficient (Wildman–Crippen LogP) is 0.497. The molecule has 2 saturated heterocycles. The average Bonchev–Trinajstić information content (AvgIpc) is 3.49. The van der Waals surface area contributed by atoms with Crippen molar-refractivity contribution in [2.24, 2.45) is 0 Å². The topological polar surface area (TPSA) is 148 Å². The van der Waals surface area contributed by atoms with E-state index in [0.29, 0.717) is 50.1 Å². The number of aliphatic hydroxyl groups is 2. The van der Waals surface area contributed by atoms with Crippen LogP contribution in [0, 0.1) is 75.4 Å². The monoisotopic (exact) mass is 1080 g/mol. The van der Waals surface area contributed by atoms with Gasteiger partial charge in [0.05, 0.1) is 19.2 Å². The second kappa shape index (κ2) is 32.8. The van der Waals surface area contributed by atoms with Crippen LogP contribution in [0.15, 0.2) is 0 Å². The zero-order valence-corrected chi connectivity index (χ0v) is 37.4. The van der Waals surface area contributed by atoms with Gasteiger partial charge in [0, 0.05) is 101 Å². The molecule has 2 aliphatic heterocycles. The summed E-state index contributed by atoms with van der Waals surface area (Å²) in [5, 5.41) is 27.6. The molecule has 0 bridgehead atoms. The van der Waals surface area contributed by atoms with Crippen molar-refractivity contribution < 1.29 is 131 Å². The van der Waals surface area contributed by atoms with Gasteiger partial charge in [-0.1, -0.05) is 51.4 Å². The van der Waals surface area contributed by atoms with E-state index in [4.69, 9.17) is 10.2 Å². The molecule has 0 radical (unpaired) electrons. The molecule has 246 valence electrons. The van der Waals surface area contributed by atoms with Crippen LogP contribution in [0.4, 0.5) is 0 Å². The largest absolute Gasteiger partial charge is 1.00 e. The van der Waals surface area contributed by atoms with Gasteiger partial charge in [0.2, 0.25) is 0 Å². The Morgan fingerprint density at radius 2 is 1.16 bits per heavy atom.